The van der Waals surface area contributed by atoms with Crippen molar-refractivity contribution in [3.63, 3.8) is 0 Å². The van der Waals surface area contributed by atoms with Crippen molar-refractivity contribution in [2.24, 2.45) is 0 Å². The Labute approximate surface area is 170 Å². The van der Waals surface area contributed by atoms with Gasteiger partial charge in [0.15, 0.2) is 12.3 Å². The molecule has 28 heavy (non-hydrogen) atoms. The molecular formula is C21H25ClN3O3+. The number of ether oxygens (including phenoxy) is 1. The van der Waals surface area contributed by atoms with Gasteiger partial charge in [0.2, 0.25) is 0 Å². The predicted octanol–water partition coefficient (Wildman–Crippen LogP) is 1.89. The summed E-state index contributed by atoms with van der Waals surface area (Å²) in [6.45, 7) is 5.49. The van der Waals surface area contributed by atoms with Crippen LogP contribution in [0.2, 0.25) is 5.02 Å². The largest absolute Gasteiger partial charge is 0.495 e. The standard InChI is InChI=1S/C21H24ClN3O3/c1-15(26)16-3-6-18(7-4-16)25-11-9-24(10-12-25)14-21(27)23-17-5-8-20(28-2)19(22)13-17/h3-8,13H,9-12,14H2,1-2H3,(H,23,27)/p+1. The quantitative estimate of drug-likeness (QED) is 0.724. The molecule has 148 valence electrons. The van der Waals surface area contributed by atoms with Crippen LogP contribution in [0.1, 0.15) is 17.3 Å². The molecule has 2 N–H and O–H groups in total. The number of carbonyl (C=O) groups is 2. The molecule has 0 bridgehead atoms. The molecule has 2 aromatic rings. The lowest BCUT2D eigenvalue weighted by atomic mass is 10.1. The van der Waals surface area contributed by atoms with Crippen LogP contribution in [0.15, 0.2) is 42.5 Å². The molecule has 6 nitrogen and oxygen atoms in total. The minimum absolute atomic E-state index is 0.0319. The zero-order chi connectivity index (χ0) is 20.1. The smallest absolute Gasteiger partial charge is 0.279 e. The van der Waals surface area contributed by atoms with Crippen LogP contribution in [0.25, 0.3) is 0 Å². The molecule has 7 heteroatoms. The van der Waals surface area contributed by atoms with Gasteiger partial charge in [-0.15, -0.1) is 0 Å². The number of methoxy groups -OCH3 is 1. The number of rotatable bonds is 6. The van der Waals surface area contributed by atoms with E-state index in [9.17, 15) is 9.59 Å². The van der Waals surface area contributed by atoms with Gasteiger partial charge in [-0.2, -0.15) is 0 Å². The summed E-state index contributed by atoms with van der Waals surface area (Å²) in [4.78, 5) is 27.3. The van der Waals surface area contributed by atoms with E-state index in [0.29, 0.717) is 23.0 Å². The second kappa shape index (κ2) is 9.08. The van der Waals surface area contributed by atoms with E-state index in [2.05, 4.69) is 10.2 Å². The minimum atomic E-state index is -0.0319. The van der Waals surface area contributed by atoms with E-state index in [1.165, 1.54) is 4.90 Å². The van der Waals surface area contributed by atoms with Crippen molar-refractivity contribution >= 4 is 34.7 Å². The van der Waals surface area contributed by atoms with Gasteiger partial charge in [0, 0.05) is 16.9 Å². The molecule has 1 heterocycles. The van der Waals surface area contributed by atoms with Gasteiger partial charge in [-0.1, -0.05) is 11.6 Å². The first-order valence-corrected chi connectivity index (χ1v) is 9.67. The van der Waals surface area contributed by atoms with E-state index >= 15 is 0 Å². The van der Waals surface area contributed by atoms with Crippen molar-refractivity contribution in [3.8, 4) is 5.75 Å². The number of amides is 1. The molecule has 1 aliphatic rings. The number of piperazine rings is 1. The first-order chi connectivity index (χ1) is 13.5. The maximum absolute atomic E-state index is 12.3. The number of anilines is 2. The van der Waals surface area contributed by atoms with Gasteiger partial charge in [-0.25, -0.2) is 0 Å². The summed E-state index contributed by atoms with van der Waals surface area (Å²) in [5, 5.41) is 3.37. The molecule has 3 rings (SSSR count). The fourth-order valence-electron chi connectivity index (χ4n) is 3.34. The van der Waals surface area contributed by atoms with E-state index in [4.69, 9.17) is 16.3 Å². The number of nitrogens with zero attached hydrogens (tertiary/aromatic N) is 1. The van der Waals surface area contributed by atoms with E-state index in [-0.39, 0.29) is 11.7 Å². The van der Waals surface area contributed by atoms with Gasteiger partial charge >= 0.3 is 0 Å². The van der Waals surface area contributed by atoms with E-state index in [1.54, 1.807) is 32.2 Å². The third-order valence-electron chi connectivity index (χ3n) is 4.96. The molecule has 0 aromatic heterocycles. The Morgan fingerprint density at radius 1 is 1.14 bits per heavy atom. The van der Waals surface area contributed by atoms with E-state index in [0.717, 1.165) is 37.4 Å². The fourth-order valence-corrected chi connectivity index (χ4v) is 3.60. The Balaban J connectivity index is 1.49. The normalized spacial score (nSPS) is 14.6. The second-order valence-electron chi connectivity index (χ2n) is 6.91. The van der Waals surface area contributed by atoms with Gasteiger partial charge in [-0.3, -0.25) is 9.59 Å². The van der Waals surface area contributed by atoms with Gasteiger partial charge in [0.1, 0.15) is 5.75 Å². The van der Waals surface area contributed by atoms with Crippen molar-refractivity contribution < 1.29 is 19.2 Å². The first-order valence-electron chi connectivity index (χ1n) is 9.29. The Bertz CT molecular complexity index is 846. The number of benzene rings is 2. The Kier molecular flexibility index (Phi) is 6.54. The van der Waals surface area contributed by atoms with Crippen molar-refractivity contribution in [1.29, 1.82) is 0 Å². The number of Topliss-reactive ketones (excluding diaryl/α,β-unsaturated/α-hetero) is 1. The fraction of sp³-hybridized carbons (Fsp3) is 0.333. The molecular weight excluding hydrogens is 378 g/mol. The van der Waals surface area contributed by atoms with Crippen LogP contribution in [0.5, 0.6) is 5.75 Å². The van der Waals surface area contributed by atoms with Crippen molar-refractivity contribution in [3.05, 3.63) is 53.1 Å². The number of carbonyl (C=O) groups excluding carboxylic acids is 2. The van der Waals surface area contributed by atoms with Crippen LogP contribution in [-0.2, 0) is 4.79 Å². The molecule has 1 amide bonds. The SMILES string of the molecule is COc1ccc(NC(=O)C[NH+]2CCN(c3ccc(C(C)=O)cc3)CC2)cc1Cl. The Morgan fingerprint density at radius 3 is 2.39 bits per heavy atom. The zero-order valence-corrected chi connectivity index (χ0v) is 16.9. The summed E-state index contributed by atoms with van der Waals surface area (Å²) >= 11 is 6.10. The molecule has 2 aromatic carbocycles. The third-order valence-corrected chi connectivity index (χ3v) is 5.25. The average Bonchev–Trinajstić information content (AvgIpc) is 2.69. The maximum atomic E-state index is 12.3. The van der Waals surface area contributed by atoms with Gasteiger partial charge in [-0.05, 0) is 49.4 Å². The van der Waals surface area contributed by atoms with Gasteiger partial charge < -0.3 is 19.9 Å². The number of ketones is 1. The maximum Gasteiger partial charge on any atom is 0.279 e. The summed E-state index contributed by atoms with van der Waals surface area (Å²) in [6, 6.07) is 12.9. The van der Waals surface area contributed by atoms with Crippen LogP contribution < -0.4 is 19.9 Å². The number of quaternary nitrogens is 1. The lowest BCUT2D eigenvalue weighted by molar-refractivity contribution is -0.892. The lowest BCUT2D eigenvalue weighted by Crippen LogP contribution is -3.15. The molecule has 1 saturated heterocycles. The summed E-state index contributed by atoms with van der Waals surface area (Å²) in [5.41, 5.74) is 2.50. The van der Waals surface area contributed by atoms with E-state index < -0.39 is 0 Å². The van der Waals surface area contributed by atoms with Crippen LogP contribution in [0, 0.1) is 0 Å². The second-order valence-corrected chi connectivity index (χ2v) is 7.32. The first kappa shape index (κ1) is 20.2. The summed E-state index contributed by atoms with van der Waals surface area (Å²) in [5.74, 6) is 0.623. The molecule has 0 radical (unpaired) electrons. The molecule has 0 aliphatic carbocycles. The topological polar surface area (TPSA) is 63.1 Å². The Morgan fingerprint density at radius 2 is 1.82 bits per heavy atom. The van der Waals surface area contributed by atoms with Crippen LogP contribution in [0.3, 0.4) is 0 Å². The number of hydrogen-bond acceptors (Lipinski definition) is 4. The molecule has 0 unspecified atom stereocenters. The number of nitrogens with one attached hydrogen (secondary N) is 2. The summed E-state index contributed by atoms with van der Waals surface area (Å²) in [7, 11) is 1.56. The molecule has 1 fully saturated rings. The molecule has 0 spiro atoms. The van der Waals surface area contributed by atoms with Crippen LogP contribution >= 0.6 is 11.6 Å². The Hall–Kier alpha value is -2.57. The van der Waals surface area contributed by atoms with Crippen LogP contribution in [0.4, 0.5) is 11.4 Å². The molecule has 0 saturated carbocycles. The van der Waals surface area contributed by atoms with Gasteiger partial charge in [0.05, 0.1) is 38.3 Å². The summed E-state index contributed by atoms with van der Waals surface area (Å²) in [6.07, 6.45) is 0. The minimum Gasteiger partial charge on any atom is -0.495 e. The van der Waals surface area contributed by atoms with Crippen molar-refractivity contribution in [2.75, 3.05) is 50.1 Å². The third kappa shape index (κ3) is 5.03. The van der Waals surface area contributed by atoms with Crippen molar-refractivity contribution in [1.82, 2.24) is 0 Å². The highest BCUT2D eigenvalue weighted by Gasteiger charge is 2.22. The highest BCUT2D eigenvalue weighted by Crippen LogP contribution is 2.27. The average molecular weight is 403 g/mol. The monoisotopic (exact) mass is 402 g/mol. The predicted molar refractivity (Wildman–Crippen MR) is 111 cm³/mol. The zero-order valence-electron chi connectivity index (χ0n) is 16.1. The molecule has 1 aliphatic heterocycles. The lowest BCUT2D eigenvalue weighted by Gasteiger charge is -2.33. The number of hydrogen-bond donors (Lipinski definition) is 2. The summed E-state index contributed by atoms with van der Waals surface area (Å²) < 4.78 is 5.12. The van der Waals surface area contributed by atoms with E-state index in [1.807, 2.05) is 24.3 Å². The van der Waals surface area contributed by atoms with Crippen LogP contribution in [-0.4, -0.2) is 51.5 Å². The van der Waals surface area contributed by atoms with Crippen molar-refractivity contribution in [2.45, 2.75) is 6.92 Å². The molecule has 0 atom stereocenters. The number of halogens is 1. The highest BCUT2D eigenvalue weighted by molar-refractivity contribution is 6.32. The highest BCUT2D eigenvalue weighted by atomic mass is 35.5. The van der Waals surface area contributed by atoms with Gasteiger partial charge in [0.25, 0.3) is 5.91 Å².